The van der Waals surface area contributed by atoms with Crippen molar-refractivity contribution < 1.29 is 4.39 Å². The number of aryl methyl sites for hydroxylation is 1. The minimum Gasteiger partial charge on any atom is -0.317 e. The zero-order chi connectivity index (χ0) is 13.7. The Bertz CT molecular complexity index is 390. The molecule has 1 nitrogen and oxygen atoms in total. The summed E-state index contributed by atoms with van der Waals surface area (Å²) in [5, 5.41) is 3.46. The van der Waals surface area contributed by atoms with Gasteiger partial charge in [0.2, 0.25) is 0 Å². The minimum atomic E-state index is -0.265. The molecule has 1 aromatic rings. The van der Waals surface area contributed by atoms with E-state index in [1.807, 2.05) is 27.0 Å². The first-order valence-electron chi connectivity index (χ1n) is 6.60. The molecule has 0 aliphatic carbocycles. The second kappa shape index (κ2) is 7.10. The molecule has 0 fully saturated rings. The molecule has 0 spiro atoms. The van der Waals surface area contributed by atoms with E-state index < -0.39 is 0 Å². The Labute approximate surface area is 115 Å². The molecule has 1 N–H and O–H groups in total. The first-order valence-corrected chi connectivity index (χ1v) is 6.98. The van der Waals surface area contributed by atoms with Gasteiger partial charge < -0.3 is 5.32 Å². The third kappa shape index (κ3) is 4.25. The van der Waals surface area contributed by atoms with Crippen LogP contribution in [0.2, 0.25) is 5.02 Å². The van der Waals surface area contributed by atoms with Crippen molar-refractivity contribution in [2.75, 3.05) is 7.05 Å². The van der Waals surface area contributed by atoms with E-state index in [4.69, 9.17) is 11.6 Å². The summed E-state index contributed by atoms with van der Waals surface area (Å²) >= 11 is 5.94. The van der Waals surface area contributed by atoms with E-state index >= 15 is 0 Å². The Morgan fingerprint density at radius 3 is 2.50 bits per heavy atom. The lowest BCUT2D eigenvalue weighted by atomic mass is 9.97. The van der Waals surface area contributed by atoms with Crippen LogP contribution in [-0.4, -0.2) is 13.1 Å². The Hall–Kier alpha value is -0.600. The van der Waals surface area contributed by atoms with Gasteiger partial charge in [-0.3, -0.25) is 0 Å². The number of hydrogen-bond donors (Lipinski definition) is 1. The molecule has 0 bridgehead atoms. The van der Waals surface area contributed by atoms with Gasteiger partial charge in [-0.05, 0) is 56.3 Å². The minimum absolute atomic E-state index is 0.165. The molecule has 1 rings (SSSR count). The average Bonchev–Trinajstić information content (AvgIpc) is 2.32. The van der Waals surface area contributed by atoms with E-state index in [-0.39, 0.29) is 16.8 Å². The molecule has 0 unspecified atom stereocenters. The number of halogens is 2. The van der Waals surface area contributed by atoms with Crippen LogP contribution < -0.4 is 5.32 Å². The lowest BCUT2D eigenvalue weighted by Gasteiger charge is -2.13. The van der Waals surface area contributed by atoms with E-state index in [1.54, 1.807) is 6.07 Å². The first kappa shape index (κ1) is 15.5. The van der Waals surface area contributed by atoms with Crippen molar-refractivity contribution in [1.82, 2.24) is 5.32 Å². The molecule has 0 aliphatic heterocycles. The smallest absolute Gasteiger partial charge is 0.145 e. The highest BCUT2D eigenvalue weighted by Gasteiger charge is 2.12. The number of benzene rings is 1. The molecule has 0 heterocycles. The summed E-state index contributed by atoms with van der Waals surface area (Å²) in [4.78, 5) is 0. The van der Waals surface area contributed by atoms with Gasteiger partial charge in [0.05, 0.1) is 5.02 Å². The molecule has 0 aliphatic rings. The quantitative estimate of drug-likeness (QED) is 0.801. The monoisotopic (exact) mass is 271 g/mol. The van der Waals surface area contributed by atoms with Crippen LogP contribution in [-0.2, 0) is 6.42 Å². The third-order valence-electron chi connectivity index (χ3n) is 3.33. The van der Waals surface area contributed by atoms with E-state index in [2.05, 4.69) is 12.2 Å². The van der Waals surface area contributed by atoms with Gasteiger partial charge in [-0.25, -0.2) is 4.39 Å². The molecule has 1 aromatic carbocycles. The molecule has 18 heavy (non-hydrogen) atoms. The number of nitrogens with one attached hydrogen (secondary N) is 1. The fourth-order valence-corrected chi connectivity index (χ4v) is 2.24. The van der Waals surface area contributed by atoms with Crippen LogP contribution in [0.5, 0.6) is 0 Å². The van der Waals surface area contributed by atoms with Crippen LogP contribution in [0, 0.1) is 5.82 Å². The molecule has 0 saturated carbocycles. The van der Waals surface area contributed by atoms with Gasteiger partial charge in [0, 0.05) is 6.04 Å². The van der Waals surface area contributed by atoms with E-state index in [9.17, 15) is 4.39 Å². The molecule has 0 radical (unpaired) electrons. The topological polar surface area (TPSA) is 12.0 Å². The summed E-state index contributed by atoms with van der Waals surface area (Å²) in [7, 11) is 1.97. The second-order valence-electron chi connectivity index (χ2n) is 5.22. The van der Waals surface area contributed by atoms with Gasteiger partial charge in [0.25, 0.3) is 0 Å². The highest BCUT2D eigenvalue weighted by molar-refractivity contribution is 6.30. The van der Waals surface area contributed by atoms with E-state index in [0.29, 0.717) is 6.04 Å². The fourth-order valence-electron chi connectivity index (χ4n) is 1.99. The second-order valence-corrected chi connectivity index (χ2v) is 5.62. The maximum absolute atomic E-state index is 13.8. The highest BCUT2D eigenvalue weighted by atomic mass is 35.5. The molecule has 0 saturated heterocycles. The molecule has 0 amide bonds. The predicted molar refractivity (Wildman–Crippen MR) is 77.0 cm³/mol. The summed E-state index contributed by atoms with van der Waals surface area (Å²) in [6.07, 6.45) is 3.15. The van der Waals surface area contributed by atoms with Crippen LogP contribution in [0.1, 0.15) is 50.7 Å². The van der Waals surface area contributed by atoms with Crippen LogP contribution in [0.3, 0.4) is 0 Å². The summed E-state index contributed by atoms with van der Waals surface area (Å²) in [5.74, 6) is -0.0994. The lowest BCUT2D eigenvalue weighted by molar-refractivity contribution is 0.541. The molecule has 102 valence electrons. The predicted octanol–water partition coefficient (Wildman–Crippen LogP) is 4.53. The molecule has 1 atom stereocenters. The van der Waals surface area contributed by atoms with Crippen molar-refractivity contribution in [2.24, 2.45) is 0 Å². The summed E-state index contributed by atoms with van der Waals surface area (Å²) in [6, 6.07) is 4.23. The average molecular weight is 272 g/mol. The fraction of sp³-hybridized carbons (Fsp3) is 0.600. The summed E-state index contributed by atoms with van der Waals surface area (Å²) in [5.41, 5.74) is 1.85. The maximum Gasteiger partial charge on any atom is 0.145 e. The molecule has 3 heteroatoms. The molecular formula is C15H23ClFN. The zero-order valence-electron chi connectivity index (χ0n) is 11.7. The lowest BCUT2D eigenvalue weighted by Crippen LogP contribution is -2.20. The van der Waals surface area contributed by atoms with Crippen molar-refractivity contribution >= 4 is 11.6 Å². The Morgan fingerprint density at radius 2 is 1.94 bits per heavy atom. The van der Waals surface area contributed by atoms with Gasteiger partial charge in [0.1, 0.15) is 5.82 Å². The van der Waals surface area contributed by atoms with Crippen molar-refractivity contribution in [3.63, 3.8) is 0 Å². The van der Waals surface area contributed by atoms with E-state index in [0.717, 1.165) is 30.4 Å². The van der Waals surface area contributed by atoms with Crippen molar-refractivity contribution in [3.8, 4) is 0 Å². The summed E-state index contributed by atoms with van der Waals surface area (Å²) in [6.45, 7) is 6.14. The van der Waals surface area contributed by atoms with Crippen LogP contribution in [0.15, 0.2) is 12.1 Å². The van der Waals surface area contributed by atoms with Crippen LogP contribution >= 0.6 is 11.6 Å². The highest BCUT2D eigenvalue weighted by Crippen LogP contribution is 2.27. The van der Waals surface area contributed by atoms with Gasteiger partial charge in [-0.2, -0.15) is 0 Å². The van der Waals surface area contributed by atoms with Crippen LogP contribution in [0.4, 0.5) is 4.39 Å². The largest absolute Gasteiger partial charge is 0.317 e. The molecule has 0 aromatic heterocycles. The standard InChI is InChI=1S/C15H23ClFN/c1-10(2)13-8-12(9-14(16)15(13)17)7-5-6-11(3)18-4/h8-11,18H,5-7H2,1-4H3/t11-/m0/s1. The zero-order valence-corrected chi connectivity index (χ0v) is 12.4. The van der Waals surface area contributed by atoms with Crippen LogP contribution in [0.25, 0.3) is 0 Å². The third-order valence-corrected chi connectivity index (χ3v) is 3.61. The van der Waals surface area contributed by atoms with Crippen molar-refractivity contribution in [3.05, 3.63) is 34.1 Å². The van der Waals surface area contributed by atoms with Gasteiger partial charge >= 0.3 is 0 Å². The Balaban J connectivity index is 2.72. The van der Waals surface area contributed by atoms with Gasteiger partial charge in [-0.1, -0.05) is 31.5 Å². The normalized spacial score (nSPS) is 13.1. The Morgan fingerprint density at radius 1 is 1.28 bits per heavy atom. The number of hydrogen-bond acceptors (Lipinski definition) is 1. The SMILES string of the molecule is CN[C@@H](C)CCCc1cc(Cl)c(F)c(C(C)C)c1. The van der Waals surface area contributed by atoms with E-state index in [1.165, 1.54) is 0 Å². The summed E-state index contributed by atoms with van der Waals surface area (Å²) < 4.78 is 13.8. The van der Waals surface area contributed by atoms with Gasteiger partial charge in [-0.15, -0.1) is 0 Å². The van der Waals surface area contributed by atoms with Crippen molar-refractivity contribution in [1.29, 1.82) is 0 Å². The number of rotatable bonds is 6. The Kier molecular flexibility index (Phi) is 6.10. The maximum atomic E-state index is 13.8. The van der Waals surface area contributed by atoms with Gasteiger partial charge in [0.15, 0.2) is 0 Å². The molecular weight excluding hydrogens is 249 g/mol. The first-order chi connectivity index (χ1) is 8.45. The van der Waals surface area contributed by atoms with Crippen molar-refractivity contribution in [2.45, 2.75) is 52.0 Å².